The summed E-state index contributed by atoms with van der Waals surface area (Å²) >= 11 is 1.37. The summed E-state index contributed by atoms with van der Waals surface area (Å²) in [5, 5.41) is 16.5. The number of nitrogens with zero attached hydrogens (tertiary/aromatic N) is 5. The van der Waals surface area contributed by atoms with Crippen LogP contribution in [0.25, 0.3) is 16.6 Å². The Balaban J connectivity index is 1.39. The zero-order valence-electron chi connectivity index (χ0n) is 17.3. The highest BCUT2D eigenvalue weighted by Gasteiger charge is 2.22. The zero-order chi connectivity index (χ0) is 21.4. The van der Waals surface area contributed by atoms with E-state index in [9.17, 15) is 4.79 Å². The highest BCUT2D eigenvalue weighted by Crippen LogP contribution is 2.29. The maximum atomic E-state index is 12.8. The van der Waals surface area contributed by atoms with Crippen molar-refractivity contribution in [2.75, 3.05) is 19.4 Å². The van der Waals surface area contributed by atoms with E-state index in [4.69, 9.17) is 4.74 Å². The van der Waals surface area contributed by atoms with E-state index >= 15 is 0 Å². The molecule has 156 valence electrons. The van der Waals surface area contributed by atoms with E-state index in [0.29, 0.717) is 11.7 Å². The van der Waals surface area contributed by atoms with Crippen molar-refractivity contribution >= 4 is 39.9 Å². The number of hydrazone groups is 1. The summed E-state index contributed by atoms with van der Waals surface area (Å²) in [5.41, 5.74) is 4.83. The number of pyridine rings is 1. The summed E-state index contributed by atoms with van der Waals surface area (Å²) < 4.78 is 7.38. The van der Waals surface area contributed by atoms with Crippen LogP contribution in [0, 0.1) is 6.92 Å². The fourth-order valence-corrected chi connectivity index (χ4v) is 4.62. The number of carbonyl (C=O) groups is 1. The van der Waals surface area contributed by atoms with Crippen molar-refractivity contribution in [1.82, 2.24) is 19.6 Å². The first-order valence-electron chi connectivity index (χ1n) is 10.0. The zero-order valence-corrected chi connectivity index (χ0v) is 18.1. The quantitative estimate of drug-likeness (QED) is 0.448. The van der Waals surface area contributed by atoms with Crippen LogP contribution in [-0.4, -0.2) is 50.6 Å². The van der Waals surface area contributed by atoms with Crippen molar-refractivity contribution in [3.8, 4) is 5.75 Å². The first-order chi connectivity index (χ1) is 15.1. The molecule has 4 aromatic rings. The van der Waals surface area contributed by atoms with Crippen LogP contribution in [0.4, 0.5) is 0 Å². The lowest BCUT2D eigenvalue weighted by atomic mass is 10.1. The van der Waals surface area contributed by atoms with E-state index < -0.39 is 0 Å². The minimum atomic E-state index is -0.0401. The first kappa shape index (κ1) is 19.6. The van der Waals surface area contributed by atoms with Gasteiger partial charge in [-0.3, -0.25) is 9.20 Å². The number of hydrogen-bond donors (Lipinski definition) is 0. The van der Waals surface area contributed by atoms with Crippen LogP contribution in [0.3, 0.4) is 0 Å². The number of hydrogen-bond acceptors (Lipinski definition) is 6. The van der Waals surface area contributed by atoms with Gasteiger partial charge in [-0.15, -0.1) is 10.2 Å². The van der Waals surface area contributed by atoms with Crippen LogP contribution >= 0.6 is 11.8 Å². The molecule has 2 aromatic heterocycles. The molecule has 0 unspecified atom stereocenters. The van der Waals surface area contributed by atoms with E-state index in [-0.39, 0.29) is 11.7 Å². The number of carbonyl (C=O) groups excluding carboxylic acids is 1. The summed E-state index contributed by atoms with van der Waals surface area (Å²) in [7, 11) is 1.65. The largest absolute Gasteiger partial charge is 0.497 e. The first-order valence-corrected chi connectivity index (χ1v) is 11.0. The molecule has 1 aliphatic rings. The molecule has 1 aliphatic heterocycles. The van der Waals surface area contributed by atoms with E-state index in [1.807, 2.05) is 59.0 Å². The number of aryl methyl sites for hydroxylation is 1. The fraction of sp³-hybridized carbons (Fsp3) is 0.217. The van der Waals surface area contributed by atoms with Crippen molar-refractivity contribution < 1.29 is 9.53 Å². The number of amides is 1. The molecular formula is C23H21N5O2S. The third-order valence-electron chi connectivity index (χ3n) is 5.40. The Morgan fingerprint density at radius 1 is 1.13 bits per heavy atom. The maximum Gasteiger partial charge on any atom is 0.253 e. The van der Waals surface area contributed by atoms with Crippen LogP contribution < -0.4 is 4.74 Å². The molecule has 2 aromatic carbocycles. The van der Waals surface area contributed by atoms with Gasteiger partial charge in [-0.2, -0.15) is 5.10 Å². The lowest BCUT2D eigenvalue weighted by Gasteiger charge is -2.11. The van der Waals surface area contributed by atoms with Crippen LogP contribution in [0.2, 0.25) is 0 Å². The van der Waals surface area contributed by atoms with Gasteiger partial charge >= 0.3 is 0 Å². The van der Waals surface area contributed by atoms with E-state index in [0.717, 1.165) is 45.6 Å². The van der Waals surface area contributed by atoms with E-state index in [2.05, 4.69) is 22.2 Å². The molecule has 3 heterocycles. The monoisotopic (exact) mass is 431 g/mol. The Kier molecular flexibility index (Phi) is 5.07. The minimum absolute atomic E-state index is 0.0401. The number of benzene rings is 2. The second-order valence-corrected chi connectivity index (χ2v) is 8.30. The minimum Gasteiger partial charge on any atom is -0.497 e. The van der Waals surface area contributed by atoms with Gasteiger partial charge in [0.25, 0.3) is 5.91 Å². The fourth-order valence-electron chi connectivity index (χ4n) is 3.79. The predicted octanol–water partition coefficient (Wildman–Crippen LogP) is 3.93. The molecule has 8 heteroatoms. The third kappa shape index (κ3) is 3.63. The smallest absolute Gasteiger partial charge is 0.253 e. The standard InChI is InChI=1S/C23H21N5O2S/c1-15-12-21-24-25-23(28(21)20-13-17(30-2)8-9-18(15)20)31-14-22(29)27-11-10-19(26-27)16-6-4-3-5-7-16/h3-9,12-13H,10-11,14H2,1-2H3. The average molecular weight is 432 g/mol. The second kappa shape index (κ2) is 8.03. The molecule has 0 fully saturated rings. The van der Waals surface area contributed by atoms with Crippen molar-refractivity contribution in [3.63, 3.8) is 0 Å². The Morgan fingerprint density at radius 2 is 1.97 bits per heavy atom. The van der Waals surface area contributed by atoms with Gasteiger partial charge in [-0.1, -0.05) is 42.1 Å². The van der Waals surface area contributed by atoms with Crippen molar-refractivity contribution in [3.05, 3.63) is 65.7 Å². The molecule has 0 radical (unpaired) electrons. The summed E-state index contributed by atoms with van der Waals surface area (Å²) in [6.07, 6.45) is 0.762. The molecule has 31 heavy (non-hydrogen) atoms. The van der Waals surface area contributed by atoms with E-state index in [1.54, 1.807) is 12.1 Å². The molecule has 0 N–H and O–H groups in total. The Labute approximate surface area is 183 Å². The molecule has 7 nitrogen and oxygen atoms in total. The van der Waals surface area contributed by atoms with Crippen molar-refractivity contribution in [1.29, 1.82) is 0 Å². The SMILES string of the molecule is COc1ccc2c(C)cc3nnc(SCC(=O)N4CCC(c5ccccc5)=N4)n3c2c1. The molecule has 0 atom stereocenters. The number of fused-ring (bicyclic) bond motifs is 3. The van der Waals surface area contributed by atoms with Gasteiger partial charge in [-0.25, -0.2) is 5.01 Å². The Morgan fingerprint density at radius 3 is 2.77 bits per heavy atom. The molecule has 1 amide bonds. The van der Waals surface area contributed by atoms with Crippen LogP contribution in [0.5, 0.6) is 5.75 Å². The Hall–Kier alpha value is -3.39. The van der Waals surface area contributed by atoms with Gasteiger partial charge in [0.1, 0.15) is 5.75 Å². The molecule has 0 spiro atoms. The van der Waals surface area contributed by atoms with E-state index in [1.165, 1.54) is 11.8 Å². The summed E-state index contributed by atoms with van der Waals surface area (Å²) in [6.45, 7) is 2.65. The van der Waals surface area contributed by atoms with Gasteiger partial charge in [0.05, 0.1) is 30.6 Å². The van der Waals surface area contributed by atoms with Crippen LogP contribution in [-0.2, 0) is 4.79 Å². The lowest BCUT2D eigenvalue weighted by Crippen LogP contribution is -2.25. The molecule has 0 saturated heterocycles. The normalized spacial score (nSPS) is 13.7. The topological polar surface area (TPSA) is 72.1 Å². The highest BCUT2D eigenvalue weighted by atomic mass is 32.2. The summed E-state index contributed by atoms with van der Waals surface area (Å²) in [6, 6.07) is 17.9. The average Bonchev–Trinajstić information content (AvgIpc) is 3.45. The van der Waals surface area contributed by atoms with Gasteiger partial charge in [-0.05, 0) is 36.2 Å². The molecule has 5 rings (SSSR count). The van der Waals surface area contributed by atoms with Crippen LogP contribution in [0.15, 0.2) is 64.9 Å². The molecule has 0 bridgehead atoms. The van der Waals surface area contributed by atoms with Gasteiger partial charge in [0, 0.05) is 17.9 Å². The number of rotatable bonds is 5. The van der Waals surface area contributed by atoms with Crippen LogP contribution in [0.1, 0.15) is 17.5 Å². The number of aromatic nitrogens is 3. The van der Waals surface area contributed by atoms with Crippen molar-refractivity contribution in [2.45, 2.75) is 18.5 Å². The molecule has 0 saturated carbocycles. The maximum absolute atomic E-state index is 12.8. The highest BCUT2D eigenvalue weighted by molar-refractivity contribution is 7.99. The lowest BCUT2D eigenvalue weighted by molar-refractivity contribution is -0.127. The Bertz CT molecular complexity index is 1320. The molecule has 0 aliphatic carbocycles. The second-order valence-electron chi connectivity index (χ2n) is 7.35. The van der Waals surface area contributed by atoms with Gasteiger partial charge in [0.2, 0.25) is 0 Å². The third-order valence-corrected chi connectivity index (χ3v) is 6.31. The van der Waals surface area contributed by atoms with Crippen molar-refractivity contribution in [2.24, 2.45) is 5.10 Å². The number of methoxy groups -OCH3 is 1. The molecular weight excluding hydrogens is 410 g/mol. The number of ether oxygens (including phenoxy) is 1. The summed E-state index contributed by atoms with van der Waals surface area (Å²) in [4.78, 5) is 12.8. The van der Waals surface area contributed by atoms with Gasteiger partial charge in [0.15, 0.2) is 10.8 Å². The van der Waals surface area contributed by atoms with Gasteiger partial charge < -0.3 is 4.74 Å². The summed E-state index contributed by atoms with van der Waals surface area (Å²) in [5.74, 6) is 0.966. The number of thioether (sulfide) groups is 1. The predicted molar refractivity (Wildman–Crippen MR) is 122 cm³/mol.